The summed E-state index contributed by atoms with van der Waals surface area (Å²) in [4.78, 5) is 26.2. The molecule has 1 rings (SSSR count). The second-order valence-electron chi connectivity index (χ2n) is 4.90. The predicted molar refractivity (Wildman–Crippen MR) is 67.1 cm³/mol. The van der Waals surface area contributed by atoms with E-state index in [1.54, 1.807) is 12.4 Å². The number of aliphatic carboxylic acids is 1. The van der Waals surface area contributed by atoms with Gasteiger partial charge in [-0.05, 0) is 24.6 Å². The second-order valence-corrected chi connectivity index (χ2v) is 4.90. The minimum absolute atomic E-state index is 0.267. The van der Waals surface area contributed by atoms with E-state index < -0.39 is 17.8 Å². The van der Waals surface area contributed by atoms with Crippen LogP contribution in [0.4, 0.5) is 0 Å². The fraction of sp³-hybridized carbons (Fsp3) is 0.462. The molecule has 0 radical (unpaired) electrons. The zero-order valence-electron chi connectivity index (χ0n) is 10.8. The van der Waals surface area contributed by atoms with E-state index in [4.69, 9.17) is 5.11 Å². The third kappa shape index (κ3) is 3.55. The summed E-state index contributed by atoms with van der Waals surface area (Å²) in [6.07, 6.45) is 3.39. The normalized spacial score (nSPS) is 12.8. The van der Waals surface area contributed by atoms with E-state index in [2.05, 4.69) is 10.3 Å². The lowest BCUT2D eigenvalue weighted by molar-refractivity contribution is -0.146. The van der Waals surface area contributed by atoms with Crippen molar-refractivity contribution >= 4 is 11.9 Å². The van der Waals surface area contributed by atoms with E-state index in [1.807, 2.05) is 26.0 Å². The number of hydrogen-bond donors (Lipinski definition) is 2. The van der Waals surface area contributed by atoms with E-state index in [-0.39, 0.29) is 5.41 Å². The van der Waals surface area contributed by atoms with Crippen molar-refractivity contribution in [1.29, 1.82) is 0 Å². The van der Waals surface area contributed by atoms with Crippen molar-refractivity contribution in [2.24, 2.45) is 5.92 Å². The van der Waals surface area contributed by atoms with Crippen molar-refractivity contribution in [3.05, 3.63) is 30.1 Å². The van der Waals surface area contributed by atoms with Crippen molar-refractivity contribution in [2.45, 2.75) is 26.2 Å². The first-order valence-electron chi connectivity index (χ1n) is 5.75. The number of carbonyl (C=O) groups excluding carboxylic acids is 1. The fourth-order valence-electron chi connectivity index (χ4n) is 1.48. The van der Waals surface area contributed by atoms with Crippen LogP contribution >= 0.6 is 0 Å². The average molecular weight is 250 g/mol. The van der Waals surface area contributed by atoms with Crippen LogP contribution < -0.4 is 5.32 Å². The molecule has 0 bridgehead atoms. The summed E-state index contributed by atoms with van der Waals surface area (Å²) in [5.41, 5.74) is 0.775. The summed E-state index contributed by atoms with van der Waals surface area (Å²) in [5, 5.41) is 11.4. The summed E-state index contributed by atoms with van der Waals surface area (Å²) in [6.45, 7) is 5.71. The average Bonchev–Trinajstić information content (AvgIpc) is 2.36. The van der Waals surface area contributed by atoms with Gasteiger partial charge >= 0.3 is 5.97 Å². The van der Waals surface area contributed by atoms with Gasteiger partial charge in [-0.1, -0.05) is 13.8 Å². The predicted octanol–water partition coefficient (Wildman–Crippen LogP) is 1.20. The molecule has 1 aromatic rings. The molecule has 5 heteroatoms. The topological polar surface area (TPSA) is 79.3 Å². The molecule has 18 heavy (non-hydrogen) atoms. The molecule has 0 saturated carbocycles. The molecule has 1 unspecified atom stereocenters. The molecule has 1 aromatic heterocycles. The molecule has 1 heterocycles. The van der Waals surface area contributed by atoms with Crippen LogP contribution in [-0.4, -0.2) is 28.5 Å². The Bertz CT molecular complexity index is 429. The van der Waals surface area contributed by atoms with Crippen LogP contribution in [0, 0.1) is 5.92 Å². The molecule has 0 fully saturated rings. The van der Waals surface area contributed by atoms with Crippen LogP contribution in [-0.2, 0) is 15.0 Å². The van der Waals surface area contributed by atoms with Gasteiger partial charge in [-0.3, -0.25) is 14.6 Å². The lowest BCUT2D eigenvalue weighted by Crippen LogP contribution is -2.41. The molecule has 0 aliphatic carbocycles. The van der Waals surface area contributed by atoms with Crippen LogP contribution in [0.1, 0.15) is 26.3 Å². The first-order valence-corrected chi connectivity index (χ1v) is 5.75. The first-order chi connectivity index (χ1) is 8.34. The minimum atomic E-state index is -1.12. The van der Waals surface area contributed by atoms with Gasteiger partial charge in [0.15, 0.2) is 0 Å². The molecule has 0 aromatic carbocycles. The van der Waals surface area contributed by atoms with Gasteiger partial charge in [-0.2, -0.15) is 0 Å². The number of carbonyl (C=O) groups is 2. The highest BCUT2D eigenvalue weighted by atomic mass is 16.4. The number of pyridine rings is 1. The molecule has 5 nitrogen and oxygen atoms in total. The third-order valence-electron chi connectivity index (χ3n) is 2.93. The Labute approximate surface area is 106 Å². The molecule has 1 amide bonds. The molecule has 0 aliphatic heterocycles. The van der Waals surface area contributed by atoms with Gasteiger partial charge in [0, 0.05) is 24.4 Å². The molecule has 0 saturated heterocycles. The summed E-state index contributed by atoms with van der Waals surface area (Å²) < 4.78 is 0. The van der Waals surface area contributed by atoms with Crippen LogP contribution in [0.3, 0.4) is 0 Å². The molecule has 0 spiro atoms. The molecule has 98 valence electrons. The molecule has 0 aliphatic rings. The lowest BCUT2D eigenvalue weighted by Gasteiger charge is -2.25. The number of carboxylic acid groups (broad SMARTS) is 1. The first kappa shape index (κ1) is 14.2. The van der Waals surface area contributed by atoms with Crippen LogP contribution in [0.2, 0.25) is 0 Å². The number of rotatable bonds is 5. The van der Waals surface area contributed by atoms with Crippen molar-refractivity contribution in [2.75, 3.05) is 6.54 Å². The summed E-state index contributed by atoms with van der Waals surface area (Å²) in [5.74, 6) is -2.61. The quantitative estimate of drug-likeness (QED) is 0.769. The number of nitrogens with one attached hydrogen (secondary N) is 1. The Balaban J connectivity index is 2.63. The van der Waals surface area contributed by atoms with Crippen molar-refractivity contribution in [3.63, 3.8) is 0 Å². The number of nitrogens with zero attached hydrogens (tertiary/aromatic N) is 1. The van der Waals surface area contributed by atoms with E-state index in [0.717, 1.165) is 5.56 Å². The van der Waals surface area contributed by atoms with Gasteiger partial charge in [-0.15, -0.1) is 0 Å². The molecule has 1 atom stereocenters. The van der Waals surface area contributed by atoms with Crippen molar-refractivity contribution in [1.82, 2.24) is 10.3 Å². The minimum Gasteiger partial charge on any atom is -0.481 e. The summed E-state index contributed by atoms with van der Waals surface area (Å²) >= 11 is 0. The van der Waals surface area contributed by atoms with E-state index in [0.29, 0.717) is 6.54 Å². The fourth-order valence-corrected chi connectivity index (χ4v) is 1.48. The van der Waals surface area contributed by atoms with E-state index in [1.165, 1.54) is 6.92 Å². The SMILES string of the molecule is CC(C(=O)O)C(=O)NCC(C)(C)c1ccncc1. The monoisotopic (exact) mass is 250 g/mol. The highest BCUT2D eigenvalue weighted by molar-refractivity contribution is 5.96. The Hall–Kier alpha value is -1.91. The Morgan fingerprint density at radius 1 is 1.39 bits per heavy atom. The molecule has 2 N–H and O–H groups in total. The Kier molecular flexibility index (Phi) is 4.42. The summed E-state index contributed by atoms with van der Waals surface area (Å²) in [7, 11) is 0. The summed E-state index contributed by atoms with van der Waals surface area (Å²) in [6, 6.07) is 3.76. The standard InChI is InChI=1S/C13H18N2O3/c1-9(12(17)18)11(16)15-8-13(2,3)10-4-6-14-7-5-10/h4-7,9H,8H2,1-3H3,(H,15,16)(H,17,18). The highest BCUT2D eigenvalue weighted by Gasteiger charge is 2.25. The van der Waals surface area contributed by atoms with Gasteiger partial charge in [-0.25, -0.2) is 0 Å². The zero-order chi connectivity index (χ0) is 13.8. The van der Waals surface area contributed by atoms with Gasteiger partial charge in [0.25, 0.3) is 0 Å². The van der Waals surface area contributed by atoms with Crippen molar-refractivity contribution in [3.8, 4) is 0 Å². The molecular formula is C13H18N2O3. The zero-order valence-corrected chi connectivity index (χ0v) is 10.8. The Morgan fingerprint density at radius 2 is 1.94 bits per heavy atom. The third-order valence-corrected chi connectivity index (χ3v) is 2.93. The van der Waals surface area contributed by atoms with Crippen molar-refractivity contribution < 1.29 is 14.7 Å². The second kappa shape index (κ2) is 5.62. The smallest absolute Gasteiger partial charge is 0.315 e. The van der Waals surface area contributed by atoms with Gasteiger partial charge in [0.2, 0.25) is 5.91 Å². The maximum atomic E-state index is 11.6. The van der Waals surface area contributed by atoms with Gasteiger partial charge in [0.1, 0.15) is 5.92 Å². The van der Waals surface area contributed by atoms with Crippen LogP contribution in [0.15, 0.2) is 24.5 Å². The number of aromatic nitrogens is 1. The number of amides is 1. The largest absolute Gasteiger partial charge is 0.481 e. The lowest BCUT2D eigenvalue weighted by atomic mass is 9.85. The number of carboxylic acids is 1. The van der Waals surface area contributed by atoms with E-state index in [9.17, 15) is 9.59 Å². The van der Waals surface area contributed by atoms with Crippen LogP contribution in [0.25, 0.3) is 0 Å². The number of hydrogen-bond acceptors (Lipinski definition) is 3. The highest BCUT2D eigenvalue weighted by Crippen LogP contribution is 2.21. The Morgan fingerprint density at radius 3 is 2.44 bits per heavy atom. The maximum absolute atomic E-state index is 11.6. The maximum Gasteiger partial charge on any atom is 0.315 e. The van der Waals surface area contributed by atoms with Gasteiger partial charge < -0.3 is 10.4 Å². The van der Waals surface area contributed by atoms with E-state index >= 15 is 0 Å². The molecular weight excluding hydrogens is 232 g/mol. The van der Waals surface area contributed by atoms with Crippen LogP contribution in [0.5, 0.6) is 0 Å². The van der Waals surface area contributed by atoms with Gasteiger partial charge in [0.05, 0.1) is 0 Å².